The van der Waals surface area contributed by atoms with Gasteiger partial charge in [0.15, 0.2) is 0 Å². The van der Waals surface area contributed by atoms with Gasteiger partial charge >= 0.3 is 0 Å². The lowest BCUT2D eigenvalue weighted by atomic mass is 10.2. The highest BCUT2D eigenvalue weighted by Gasteiger charge is 2.24. The van der Waals surface area contributed by atoms with Crippen LogP contribution in [0.1, 0.15) is 5.56 Å². The molecule has 88 valence electrons. The summed E-state index contributed by atoms with van der Waals surface area (Å²) in [5.74, 6) is 0. The molecule has 0 saturated carbocycles. The normalized spacial score (nSPS) is 18.2. The number of rotatable bonds is 4. The Hall–Kier alpha value is -1.81. The first-order chi connectivity index (χ1) is 8.33. The predicted octanol–water partition coefficient (Wildman–Crippen LogP) is 1.10. The van der Waals surface area contributed by atoms with Crippen molar-refractivity contribution in [3.63, 3.8) is 0 Å². The average molecular weight is 230 g/mol. The maximum Gasteiger partial charge on any atom is 0.266 e. The zero-order valence-corrected chi connectivity index (χ0v) is 9.45. The van der Waals surface area contributed by atoms with E-state index in [0.29, 0.717) is 6.54 Å². The van der Waals surface area contributed by atoms with Crippen LogP contribution in [-0.4, -0.2) is 22.1 Å². The summed E-state index contributed by atoms with van der Waals surface area (Å²) in [7, 11) is 0. The number of hydrogen-bond acceptors (Lipinski definition) is 2. The van der Waals surface area contributed by atoms with Crippen LogP contribution in [0, 0.1) is 0 Å². The lowest BCUT2D eigenvalue weighted by Crippen LogP contribution is -2.25. The van der Waals surface area contributed by atoms with Crippen molar-refractivity contribution in [3.05, 3.63) is 58.5 Å². The highest BCUT2D eigenvalue weighted by atomic mass is 16.6. The van der Waals surface area contributed by atoms with Crippen LogP contribution in [0.4, 0.5) is 0 Å². The number of hydrogen-bond donors (Lipinski definition) is 0. The Morgan fingerprint density at radius 3 is 2.71 bits per heavy atom. The van der Waals surface area contributed by atoms with Gasteiger partial charge in [0.2, 0.25) is 0 Å². The first-order valence-electron chi connectivity index (χ1n) is 5.75. The Labute approximate surface area is 99.0 Å². The van der Waals surface area contributed by atoms with Gasteiger partial charge in [-0.2, -0.15) is 0 Å². The van der Waals surface area contributed by atoms with Gasteiger partial charge in [0.05, 0.1) is 19.7 Å². The van der Waals surface area contributed by atoms with Crippen LogP contribution >= 0.6 is 0 Å². The van der Waals surface area contributed by atoms with E-state index in [-0.39, 0.29) is 11.7 Å². The lowest BCUT2D eigenvalue weighted by molar-refractivity contribution is 0.349. The molecule has 17 heavy (non-hydrogen) atoms. The highest BCUT2D eigenvalue weighted by molar-refractivity contribution is 5.14. The topological polar surface area (TPSA) is 39.5 Å². The van der Waals surface area contributed by atoms with Crippen molar-refractivity contribution in [3.8, 4) is 0 Å². The summed E-state index contributed by atoms with van der Waals surface area (Å²) in [4.78, 5) is 11.7. The monoisotopic (exact) mass is 230 g/mol. The molecule has 1 unspecified atom stereocenters. The predicted molar refractivity (Wildman–Crippen MR) is 64.0 cm³/mol. The van der Waals surface area contributed by atoms with Crippen molar-refractivity contribution in [2.75, 3.05) is 6.61 Å². The van der Waals surface area contributed by atoms with Gasteiger partial charge < -0.3 is 4.74 Å². The van der Waals surface area contributed by atoms with Crippen LogP contribution in [0.2, 0.25) is 0 Å². The van der Waals surface area contributed by atoms with Gasteiger partial charge in [-0.05, 0) is 5.56 Å². The molecule has 0 bridgehead atoms. The molecule has 1 fully saturated rings. The quantitative estimate of drug-likeness (QED) is 0.738. The van der Waals surface area contributed by atoms with Crippen LogP contribution in [0.3, 0.4) is 0 Å². The fourth-order valence-electron chi connectivity index (χ4n) is 1.91. The molecule has 2 aromatic rings. The Bertz CT molecular complexity index is 552. The number of nitrogens with zero attached hydrogens (tertiary/aromatic N) is 2. The molecule has 1 saturated heterocycles. The Balaban J connectivity index is 1.84. The number of epoxide rings is 1. The van der Waals surface area contributed by atoms with E-state index in [4.69, 9.17) is 4.74 Å². The van der Waals surface area contributed by atoms with Crippen molar-refractivity contribution < 1.29 is 4.74 Å². The summed E-state index contributed by atoms with van der Waals surface area (Å²) >= 11 is 0. The van der Waals surface area contributed by atoms with E-state index < -0.39 is 0 Å². The Kier molecular flexibility index (Phi) is 2.57. The second kappa shape index (κ2) is 4.22. The summed E-state index contributed by atoms with van der Waals surface area (Å²) in [5, 5.41) is 0. The summed E-state index contributed by atoms with van der Waals surface area (Å²) in [5.41, 5.74) is 1.23. The molecule has 0 amide bonds. The minimum atomic E-state index is 0.0384. The summed E-state index contributed by atoms with van der Waals surface area (Å²) in [6.07, 6.45) is 2.05. The van der Waals surface area contributed by atoms with Gasteiger partial charge in [-0.1, -0.05) is 30.3 Å². The van der Waals surface area contributed by atoms with Crippen molar-refractivity contribution >= 4 is 0 Å². The molecular formula is C13H14N2O2. The van der Waals surface area contributed by atoms with Gasteiger partial charge in [-0.15, -0.1) is 0 Å². The largest absolute Gasteiger partial charge is 0.371 e. The number of ether oxygens (including phenoxy) is 1. The average Bonchev–Trinajstić information content (AvgIpc) is 3.10. The fourth-order valence-corrected chi connectivity index (χ4v) is 1.91. The molecule has 1 atom stereocenters. The van der Waals surface area contributed by atoms with Gasteiger partial charge in [0.1, 0.15) is 6.10 Å². The summed E-state index contributed by atoms with van der Waals surface area (Å²) < 4.78 is 8.85. The van der Waals surface area contributed by atoms with E-state index in [1.54, 1.807) is 10.7 Å². The molecule has 4 nitrogen and oxygen atoms in total. The molecule has 3 rings (SSSR count). The van der Waals surface area contributed by atoms with E-state index in [1.807, 2.05) is 29.1 Å². The third-order valence-electron chi connectivity index (χ3n) is 2.92. The highest BCUT2D eigenvalue weighted by Crippen LogP contribution is 2.11. The molecular weight excluding hydrogens is 216 g/mol. The van der Waals surface area contributed by atoms with E-state index in [1.165, 1.54) is 5.56 Å². The van der Waals surface area contributed by atoms with Crippen molar-refractivity contribution in [1.29, 1.82) is 0 Å². The zero-order valence-electron chi connectivity index (χ0n) is 9.45. The summed E-state index contributed by atoms with van der Waals surface area (Å²) in [6, 6.07) is 11.7. The van der Waals surface area contributed by atoms with Crippen LogP contribution in [0.5, 0.6) is 0 Å². The van der Waals surface area contributed by atoms with E-state index in [2.05, 4.69) is 12.1 Å². The second-order valence-corrected chi connectivity index (χ2v) is 4.27. The SMILES string of the molecule is O=c1ccn(Cc2ccccc2)n1CC1CO1. The summed E-state index contributed by atoms with van der Waals surface area (Å²) in [6.45, 7) is 2.14. The minimum absolute atomic E-state index is 0.0384. The maximum absolute atomic E-state index is 11.7. The standard InChI is InChI=1S/C13H14N2O2/c16-13-6-7-14(15(13)9-12-10-17-12)8-11-4-2-1-3-5-11/h1-7,12H,8-10H2. The van der Waals surface area contributed by atoms with E-state index in [9.17, 15) is 4.79 Å². The van der Waals surface area contributed by atoms with Crippen LogP contribution in [0.25, 0.3) is 0 Å². The van der Waals surface area contributed by atoms with E-state index >= 15 is 0 Å². The molecule has 1 aromatic carbocycles. The molecule has 2 heterocycles. The molecule has 0 spiro atoms. The molecule has 0 N–H and O–H groups in total. The third kappa shape index (κ3) is 2.31. The molecule has 1 aliphatic heterocycles. The Morgan fingerprint density at radius 2 is 2.00 bits per heavy atom. The van der Waals surface area contributed by atoms with Gasteiger partial charge in [0, 0.05) is 12.3 Å². The van der Waals surface area contributed by atoms with E-state index in [0.717, 1.165) is 13.2 Å². The molecule has 1 aliphatic rings. The molecule has 1 aromatic heterocycles. The van der Waals surface area contributed by atoms with Crippen molar-refractivity contribution in [2.24, 2.45) is 0 Å². The fraction of sp³-hybridized carbons (Fsp3) is 0.308. The second-order valence-electron chi connectivity index (χ2n) is 4.27. The van der Waals surface area contributed by atoms with Crippen molar-refractivity contribution in [2.45, 2.75) is 19.2 Å². The van der Waals surface area contributed by atoms with Gasteiger partial charge in [0.25, 0.3) is 5.56 Å². The molecule has 4 heteroatoms. The van der Waals surface area contributed by atoms with Gasteiger partial charge in [-0.3, -0.25) is 9.48 Å². The zero-order chi connectivity index (χ0) is 11.7. The van der Waals surface area contributed by atoms with Crippen LogP contribution in [0.15, 0.2) is 47.4 Å². The minimum Gasteiger partial charge on any atom is -0.371 e. The molecule has 0 radical (unpaired) electrons. The number of benzene rings is 1. The Morgan fingerprint density at radius 1 is 1.24 bits per heavy atom. The third-order valence-corrected chi connectivity index (χ3v) is 2.92. The first kappa shape index (κ1) is 10.4. The lowest BCUT2D eigenvalue weighted by Gasteiger charge is -2.10. The smallest absolute Gasteiger partial charge is 0.266 e. The van der Waals surface area contributed by atoms with Crippen LogP contribution < -0.4 is 5.56 Å². The first-order valence-corrected chi connectivity index (χ1v) is 5.75. The van der Waals surface area contributed by atoms with Gasteiger partial charge in [-0.25, -0.2) is 4.68 Å². The number of aromatic nitrogens is 2. The van der Waals surface area contributed by atoms with Crippen molar-refractivity contribution in [1.82, 2.24) is 9.36 Å². The molecule has 0 aliphatic carbocycles. The maximum atomic E-state index is 11.7. The van der Waals surface area contributed by atoms with Crippen LogP contribution in [-0.2, 0) is 17.8 Å².